The number of pyridine rings is 1. The molecule has 0 saturated heterocycles. The van der Waals surface area contributed by atoms with Crippen molar-refractivity contribution in [3.05, 3.63) is 69.0 Å². The number of benzene rings is 2. The molecule has 156 valence electrons. The first kappa shape index (κ1) is 20.2. The lowest BCUT2D eigenvalue weighted by molar-refractivity contribution is 0.324. The lowest BCUT2D eigenvalue weighted by Crippen LogP contribution is -2.46. The van der Waals surface area contributed by atoms with Crippen molar-refractivity contribution in [3.8, 4) is 11.5 Å². The van der Waals surface area contributed by atoms with Crippen LogP contribution in [0, 0.1) is 6.92 Å². The molecule has 0 amide bonds. The monoisotopic (exact) mass is 423 g/mol. The number of thiocarbonyl (C=S) groups is 1. The van der Waals surface area contributed by atoms with Crippen molar-refractivity contribution in [2.45, 2.75) is 19.4 Å². The largest absolute Gasteiger partial charge is 0.493 e. The van der Waals surface area contributed by atoms with Crippen molar-refractivity contribution in [1.29, 1.82) is 0 Å². The number of methoxy groups -OCH3 is 2. The Bertz CT molecular complexity index is 1190. The summed E-state index contributed by atoms with van der Waals surface area (Å²) in [7, 11) is 5.05. The Hall–Kier alpha value is -3.06. The molecular weight excluding hydrogens is 398 g/mol. The molecule has 0 radical (unpaired) electrons. The van der Waals surface area contributed by atoms with Gasteiger partial charge in [0.2, 0.25) is 0 Å². The Balaban J connectivity index is 1.98. The minimum absolute atomic E-state index is 0.117. The molecule has 0 unspecified atom stereocenters. The van der Waals surface area contributed by atoms with Crippen LogP contribution in [0.3, 0.4) is 0 Å². The number of aryl methyl sites for hydroxylation is 1. The maximum atomic E-state index is 13.2. The summed E-state index contributed by atoms with van der Waals surface area (Å²) in [5, 5.41) is 4.67. The van der Waals surface area contributed by atoms with Crippen molar-refractivity contribution in [2.24, 2.45) is 0 Å². The fraction of sp³-hybridized carbons (Fsp3) is 0.304. The standard InChI is InChI=1S/C23H25N3O3S/c1-13-6-5-7-15-10-17(22(27)25-20(13)15)21-16-12-19(29-4)18(28-3)11-14(16)8-9-26(21)23(30)24-2/h5-7,10-12,21H,8-9H2,1-4H3,(H,24,30)(H,25,27)/t21-/m0/s1. The predicted molar refractivity (Wildman–Crippen MR) is 123 cm³/mol. The summed E-state index contributed by atoms with van der Waals surface area (Å²) in [5.74, 6) is 1.31. The molecule has 1 atom stereocenters. The van der Waals surface area contributed by atoms with E-state index in [0.29, 0.717) is 28.7 Å². The van der Waals surface area contributed by atoms with Crippen LogP contribution in [-0.4, -0.2) is 42.8 Å². The second kappa shape index (κ2) is 7.99. The van der Waals surface area contributed by atoms with Crippen LogP contribution < -0.4 is 20.3 Å². The van der Waals surface area contributed by atoms with E-state index >= 15 is 0 Å². The van der Waals surface area contributed by atoms with Gasteiger partial charge < -0.3 is 24.7 Å². The minimum atomic E-state index is -0.331. The number of nitrogens with zero attached hydrogens (tertiary/aromatic N) is 1. The Labute approximate surface area is 180 Å². The molecule has 1 aliphatic heterocycles. The van der Waals surface area contributed by atoms with Crippen LogP contribution in [0.1, 0.15) is 28.3 Å². The molecule has 30 heavy (non-hydrogen) atoms. The summed E-state index contributed by atoms with van der Waals surface area (Å²) < 4.78 is 11.0. The first-order chi connectivity index (χ1) is 14.5. The van der Waals surface area contributed by atoms with E-state index in [2.05, 4.69) is 15.2 Å². The maximum Gasteiger partial charge on any atom is 0.254 e. The van der Waals surface area contributed by atoms with Crippen LogP contribution in [0.5, 0.6) is 11.5 Å². The van der Waals surface area contributed by atoms with Crippen molar-refractivity contribution in [1.82, 2.24) is 15.2 Å². The number of ether oxygens (including phenoxy) is 2. The van der Waals surface area contributed by atoms with Gasteiger partial charge in [0.05, 0.1) is 25.8 Å². The smallest absolute Gasteiger partial charge is 0.254 e. The van der Waals surface area contributed by atoms with E-state index < -0.39 is 0 Å². The van der Waals surface area contributed by atoms with Gasteiger partial charge in [-0.1, -0.05) is 18.2 Å². The molecule has 4 rings (SSSR count). The van der Waals surface area contributed by atoms with Crippen LogP contribution in [0.15, 0.2) is 41.2 Å². The van der Waals surface area contributed by atoms with Crippen LogP contribution in [0.2, 0.25) is 0 Å². The Morgan fingerprint density at radius 2 is 1.90 bits per heavy atom. The molecule has 1 aliphatic rings. The number of H-pyrrole nitrogens is 1. The summed E-state index contributed by atoms with van der Waals surface area (Å²) in [4.78, 5) is 18.4. The molecule has 2 N–H and O–H groups in total. The van der Waals surface area contributed by atoms with Gasteiger partial charge in [-0.2, -0.15) is 0 Å². The zero-order chi connectivity index (χ0) is 21.4. The minimum Gasteiger partial charge on any atom is -0.493 e. The van der Waals surface area contributed by atoms with Crippen LogP contribution in [0.25, 0.3) is 10.9 Å². The normalized spacial score (nSPS) is 15.6. The fourth-order valence-corrected chi connectivity index (χ4v) is 4.44. The van der Waals surface area contributed by atoms with Crippen molar-refractivity contribution >= 4 is 28.2 Å². The second-order valence-electron chi connectivity index (χ2n) is 7.40. The van der Waals surface area contributed by atoms with E-state index in [1.165, 1.54) is 0 Å². The average molecular weight is 424 g/mol. The predicted octanol–water partition coefficient (Wildman–Crippen LogP) is 3.31. The Morgan fingerprint density at radius 1 is 1.17 bits per heavy atom. The molecule has 0 bridgehead atoms. The van der Waals surface area contributed by atoms with Crippen LogP contribution in [-0.2, 0) is 6.42 Å². The lowest BCUT2D eigenvalue weighted by Gasteiger charge is -2.39. The highest BCUT2D eigenvalue weighted by Crippen LogP contribution is 2.40. The highest BCUT2D eigenvalue weighted by atomic mass is 32.1. The SMILES string of the molecule is CNC(=S)N1CCc2cc(OC)c(OC)cc2[C@H]1c1cc2cccc(C)c2[nH]c1=O. The molecule has 0 fully saturated rings. The number of rotatable bonds is 3. The molecule has 3 aromatic rings. The first-order valence-electron chi connectivity index (χ1n) is 9.84. The summed E-state index contributed by atoms with van der Waals surface area (Å²) >= 11 is 5.60. The zero-order valence-corrected chi connectivity index (χ0v) is 18.4. The van der Waals surface area contributed by atoms with Gasteiger partial charge in [-0.25, -0.2) is 0 Å². The molecule has 1 aromatic heterocycles. The topological polar surface area (TPSA) is 66.6 Å². The van der Waals surface area contributed by atoms with E-state index in [4.69, 9.17) is 21.7 Å². The van der Waals surface area contributed by atoms with Gasteiger partial charge in [0.15, 0.2) is 16.6 Å². The van der Waals surface area contributed by atoms with E-state index in [0.717, 1.165) is 34.0 Å². The van der Waals surface area contributed by atoms with Crippen molar-refractivity contribution < 1.29 is 9.47 Å². The summed E-state index contributed by atoms with van der Waals surface area (Å²) in [6, 6.07) is 11.6. The quantitative estimate of drug-likeness (QED) is 0.630. The summed E-state index contributed by atoms with van der Waals surface area (Å²) in [5.41, 5.74) is 4.55. The number of para-hydroxylation sites is 1. The van der Waals surface area contributed by atoms with Crippen molar-refractivity contribution in [2.75, 3.05) is 27.8 Å². The Morgan fingerprint density at radius 3 is 2.60 bits per heavy atom. The molecule has 0 spiro atoms. The van der Waals surface area contributed by atoms with Gasteiger partial charge in [0.1, 0.15) is 0 Å². The number of aromatic nitrogens is 1. The molecular formula is C23H25N3O3S. The van der Waals surface area contributed by atoms with E-state index in [1.807, 2.05) is 43.3 Å². The summed E-state index contributed by atoms with van der Waals surface area (Å²) in [6.07, 6.45) is 0.790. The van der Waals surface area contributed by atoms with E-state index in [-0.39, 0.29) is 11.6 Å². The molecule has 0 saturated carbocycles. The second-order valence-corrected chi connectivity index (χ2v) is 7.79. The number of hydrogen-bond donors (Lipinski definition) is 2. The highest BCUT2D eigenvalue weighted by molar-refractivity contribution is 7.80. The van der Waals surface area contributed by atoms with Gasteiger partial charge in [-0.3, -0.25) is 4.79 Å². The van der Waals surface area contributed by atoms with Gasteiger partial charge in [-0.05, 0) is 65.8 Å². The molecule has 6 nitrogen and oxygen atoms in total. The average Bonchev–Trinajstić information content (AvgIpc) is 2.77. The third-order valence-corrected chi connectivity index (χ3v) is 6.20. The van der Waals surface area contributed by atoms with Gasteiger partial charge in [-0.15, -0.1) is 0 Å². The van der Waals surface area contributed by atoms with E-state index in [9.17, 15) is 4.79 Å². The number of fused-ring (bicyclic) bond motifs is 2. The van der Waals surface area contributed by atoms with Crippen LogP contribution >= 0.6 is 12.2 Å². The van der Waals surface area contributed by atoms with Gasteiger partial charge in [0, 0.05) is 19.2 Å². The first-order valence-corrected chi connectivity index (χ1v) is 10.2. The molecule has 0 aliphatic carbocycles. The number of nitrogens with one attached hydrogen (secondary N) is 2. The maximum absolute atomic E-state index is 13.2. The summed E-state index contributed by atoms with van der Waals surface area (Å²) in [6.45, 7) is 2.69. The van der Waals surface area contributed by atoms with Gasteiger partial charge >= 0.3 is 0 Å². The highest BCUT2D eigenvalue weighted by Gasteiger charge is 2.33. The molecule has 2 heterocycles. The zero-order valence-electron chi connectivity index (χ0n) is 17.5. The molecule has 7 heteroatoms. The number of hydrogen-bond acceptors (Lipinski definition) is 4. The van der Waals surface area contributed by atoms with Gasteiger partial charge in [0.25, 0.3) is 5.56 Å². The molecule has 2 aromatic carbocycles. The van der Waals surface area contributed by atoms with Crippen LogP contribution in [0.4, 0.5) is 0 Å². The number of aromatic amines is 1. The van der Waals surface area contributed by atoms with Crippen molar-refractivity contribution in [3.63, 3.8) is 0 Å². The Kier molecular flexibility index (Phi) is 5.39. The third-order valence-electron chi connectivity index (χ3n) is 5.76. The van der Waals surface area contributed by atoms with E-state index in [1.54, 1.807) is 21.3 Å². The lowest BCUT2D eigenvalue weighted by atomic mass is 9.88. The fourth-order valence-electron chi connectivity index (χ4n) is 4.25. The third kappa shape index (κ3) is 3.29.